The van der Waals surface area contributed by atoms with E-state index >= 15 is 0 Å². The average Bonchev–Trinajstić information content (AvgIpc) is 2.51. The molecule has 78 valence electrons. The molecule has 3 nitrogen and oxygen atoms in total. The maximum Gasteiger partial charge on any atom is 0.335 e. The lowest BCUT2D eigenvalue weighted by Gasteiger charge is -1.93. The molecule has 0 radical (unpaired) electrons. The van der Waals surface area contributed by atoms with E-state index in [0.29, 0.717) is 5.56 Å². The van der Waals surface area contributed by atoms with Crippen LogP contribution >= 0.6 is 11.3 Å². The highest BCUT2D eigenvalue weighted by molar-refractivity contribution is 7.18. The topological polar surface area (TPSA) is 41.2 Å². The Morgan fingerprint density at radius 1 is 1.53 bits per heavy atom. The van der Waals surface area contributed by atoms with Gasteiger partial charge in [-0.15, -0.1) is 0 Å². The summed E-state index contributed by atoms with van der Waals surface area (Å²) >= 11 is 1.69. The third-order valence-electron chi connectivity index (χ3n) is 2.45. The van der Waals surface area contributed by atoms with Crippen LogP contribution in [0, 0.1) is 6.92 Å². The number of thiazole rings is 1. The summed E-state index contributed by atoms with van der Waals surface area (Å²) in [5.41, 5.74) is 1.36. The number of nitrogens with zero attached hydrogens (tertiary/aromatic N) is 1. The van der Waals surface area contributed by atoms with Crippen molar-refractivity contribution in [3.8, 4) is 0 Å². The Kier molecular flexibility index (Phi) is 2.44. The van der Waals surface area contributed by atoms with E-state index in [0.717, 1.165) is 16.8 Å². The molecule has 0 atom stereocenters. The Bertz CT molecular complexity index is 531. The maximum absolute atomic E-state index is 10.8. The van der Waals surface area contributed by atoms with Crippen LogP contribution < -0.4 is 4.57 Å². The molecule has 4 heteroatoms. The van der Waals surface area contributed by atoms with Crippen LogP contribution in [0.3, 0.4) is 0 Å². The highest BCUT2D eigenvalue weighted by atomic mass is 32.1. The van der Waals surface area contributed by atoms with Crippen molar-refractivity contribution in [2.75, 3.05) is 0 Å². The summed E-state index contributed by atoms with van der Waals surface area (Å²) in [5, 5.41) is 10.1. The van der Waals surface area contributed by atoms with Crippen LogP contribution in [0.2, 0.25) is 0 Å². The van der Waals surface area contributed by atoms with Gasteiger partial charge in [-0.05, 0) is 19.1 Å². The van der Waals surface area contributed by atoms with Crippen molar-refractivity contribution in [1.29, 1.82) is 0 Å². The molecule has 0 fully saturated rings. The molecule has 1 N–H and O–H groups in total. The molecule has 0 aliphatic heterocycles. The zero-order valence-electron chi connectivity index (χ0n) is 8.65. The summed E-state index contributed by atoms with van der Waals surface area (Å²) < 4.78 is 3.27. The molecule has 1 aromatic carbocycles. The average molecular weight is 222 g/mol. The molecular weight excluding hydrogens is 210 g/mol. The second kappa shape index (κ2) is 3.62. The summed E-state index contributed by atoms with van der Waals surface area (Å²) in [6.07, 6.45) is 0. The number of aromatic nitrogens is 1. The van der Waals surface area contributed by atoms with Crippen LogP contribution in [0.4, 0.5) is 0 Å². The Morgan fingerprint density at radius 2 is 2.27 bits per heavy atom. The van der Waals surface area contributed by atoms with Crippen molar-refractivity contribution in [3.05, 3.63) is 28.8 Å². The van der Waals surface area contributed by atoms with E-state index < -0.39 is 5.97 Å². The van der Waals surface area contributed by atoms with Gasteiger partial charge in [0.15, 0.2) is 0 Å². The van der Waals surface area contributed by atoms with Crippen molar-refractivity contribution < 1.29 is 14.5 Å². The minimum absolute atomic E-state index is 0.350. The van der Waals surface area contributed by atoms with Crippen molar-refractivity contribution in [2.24, 2.45) is 0 Å². The fourth-order valence-corrected chi connectivity index (χ4v) is 2.79. The van der Waals surface area contributed by atoms with Crippen LogP contribution in [0.25, 0.3) is 10.2 Å². The van der Waals surface area contributed by atoms with Gasteiger partial charge in [0.1, 0.15) is 11.2 Å². The van der Waals surface area contributed by atoms with Crippen molar-refractivity contribution >= 4 is 27.5 Å². The van der Waals surface area contributed by atoms with Crippen LogP contribution in [-0.4, -0.2) is 11.1 Å². The number of carboxylic acids is 1. The molecule has 0 saturated carbocycles. The monoisotopic (exact) mass is 222 g/mol. The van der Waals surface area contributed by atoms with Gasteiger partial charge in [0.2, 0.25) is 10.5 Å². The van der Waals surface area contributed by atoms with Gasteiger partial charge in [-0.3, -0.25) is 0 Å². The summed E-state index contributed by atoms with van der Waals surface area (Å²) in [7, 11) is 0. The fourth-order valence-electron chi connectivity index (χ4n) is 1.72. The SMILES string of the molecule is CC[n+]1c(C)sc2ccc(C(=O)O)cc21. The molecule has 0 spiro atoms. The standard InChI is InChI=1S/C11H11NO2S/c1-3-12-7(2)15-10-5-4-8(11(13)14)6-9(10)12/h4-6H,3H2,1-2H3/p+1. The number of carboxylic acid groups (broad SMARTS) is 1. The molecule has 0 aliphatic carbocycles. The third kappa shape index (κ3) is 1.61. The van der Waals surface area contributed by atoms with Gasteiger partial charge in [0, 0.05) is 13.0 Å². The van der Waals surface area contributed by atoms with E-state index in [-0.39, 0.29) is 0 Å². The van der Waals surface area contributed by atoms with E-state index in [9.17, 15) is 4.79 Å². The van der Waals surface area contributed by atoms with Crippen LogP contribution in [0.1, 0.15) is 22.3 Å². The lowest BCUT2D eigenvalue weighted by molar-refractivity contribution is -0.669. The van der Waals surface area contributed by atoms with Gasteiger partial charge in [-0.2, -0.15) is 4.57 Å². The van der Waals surface area contributed by atoms with E-state index in [1.165, 1.54) is 5.01 Å². The van der Waals surface area contributed by atoms with Gasteiger partial charge >= 0.3 is 5.97 Å². The predicted molar refractivity (Wildman–Crippen MR) is 59.4 cm³/mol. The number of hydrogen-bond acceptors (Lipinski definition) is 2. The minimum Gasteiger partial charge on any atom is -0.478 e. The first-order chi connectivity index (χ1) is 7.13. The number of rotatable bonds is 2. The molecule has 0 aliphatic rings. The number of fused-ring (bicyclic) bond motifs is 1. The normalized spacial score (nSPS) is 10.8. The Hall–Kier alpha value is -1.42. The molecule has 1 aromatic heterocycles. The molecule has 0 unspecified atom stereocenters. The maximum atomic E-state index is 10.8. The van der Waals surface area contributed by atoms with Crippen molar-refractivity contribution in [1.82, 2.24) is 0 Å². The first-order valence-corrected chi connectivity index (χ1v) is 5.61. The molecule has 1 heterocycles. The highest BCUT2D eigenvalue weighted by Crippen LogP contribution is 2.21. The number of aryl methyl sites for hydroxylation is 2. The van der Waals surface area contributed by atoms with Crippen molar-refractivity contribution in [3.63, 3.8) is 0 Å². The first-order valence-electron chi connectivity index (χ1n) is 4.79. The zero-order chi connectivity index (χ0) is 11.0. The van der Waals surface area contributed by atoms with Crippen molar-refractivity contribution in [2.45, 2.75) is 20.4 Å². The third-order valence-corrected chi connectivity index (χ3v) is 3.53. The predicted octanol–water partition coefficient (Wildman–Crippen LogP) is 2.22. The highest BCUT2D eigenvalue weighted by Gasteiger charge is 2.17. The molecule has 0 bridgehead atoms. The van der Waals surface area contributed by atoms with E-state index in [2.05, 4.69) is 18.4 Å². The lowest BCUT2D eigenvalue weighted by Crippen LogP contribution is -2.33. The second-order valence-corrected chi connectivity index (χ2v) is 4.59. The molecule has 0 saturated heterocycles. The quantitative estimate of drug-likeness (QED) is 0.791. The first kappa shape index (κ1) is 10.1. The molecule has 0 amide bonds. The molecule has 2 rings (SSSR count). The molecular formula is C11H12NO2S+. The summed E-state index contributed by atoms with van der Waals surface area (Å²) in [5.74, 6) is -0.872. The Morgan fingerprint density at radius 3 is 2.87 bits per heavy atom. The van der Waals surface area contributed by atoms with Gasteiger partial charge in [-0.1, -0.05) is 11.3 Å². The summed E-state index contributed by atoms with van der Waals surface area (Å²) in [6, 6.07) is 5.27. The lowest BCUT2D eigenvalue weighted by atomic mass is 10.2. The van der Waals surface area contributed by atoms with E-state index in [1.54, 1.807) is 23.5 Å². The number of carbonyl (C=O) groups is 1. The largest absolute Gasteiger partial charge is 0.478 e. The molecule has 15 heavy (non-hydrogen) atoms. The van der Waals surface area contributed by atoms with Gasteiger partial charge < -0.3 is 5.11 Å². The van der Waals surface area contributed by atoms with E-state index in [4.69, 9.17) is 5.11 Å². The zero-order valence-corrected chi connectivity index (χ0v) is 9.47. The van der Waals surface area contributed by atoms with Gasteiger partial charge in [-0.25, -0.2) is 4.79 Å². The van der Waals surface area contributed by atoms with E-state index in [1.807, 2.05) is 6.07 Å². The fraction of sp³-hybridized carbons (Fsp3) is 0.273. The number of hydrogen-bond donors (Lipinski definition) is 1. The van der Waals surface area contributed by atoms with Gasteiger partial charge in [0.25, 0.3) is 0 Å². The molecule has 2 aromatic rings. The van der Waals surface area contributed by atoms with Crippen LogP contribution in [0.15, 0.2) is 18.2 Å². The smallest absolute Gasteiger partial charge is 0.335 e. The van der Waals surface area contributed by atoms with Crippen LogP contribution in [0.5, 0.6) is 0 Å². The van der Waals surface area contributed by atoms with Gasteiger partial charge in [0.05, 0.1) is 5.56 Å². The minimum atomic E-state index is -0.872. The summed E-state index contributed by atoms with van der Waals surface area (Å²) in [4.78, 5) is 10.8. The Labute approximate surface area is 91.6 Å². The number of benzene rings is 1. The van der Waals surface area contributed by atoms with Crippen LogP contribution in [-0.2, 0) is 6.54 Å². The summed E-state index contributed by atoms with van der Waals surface area (Å²) in [6.45, 7) is 4.98. The number of aromatic carboxylic acids is 1. The Balaban J connectivity index is 2.73. The second-order valence-electron chi connectivity index (χ2n) is 3.35.